The third kappa shape index (κ3) is 3.67. The van der Waals surface area contributed by atoms with Crippen LogP contribution in [-0.2, 0) is 4.79 Å². The van der Waals surface area contributed by atoms with E-state index in [1.807, 2.05) is 30.3 Å². The topological polar surface area (TPSA) is 45.6 Å². The van der Waals surface area contributed by atoms with Crippen LogP contribution in [0, 0.1) is 0 Å². The lowest BCUT2D eigenvalue weighted by molar-refractivity contribution is -0.113. The van der Waals surface area contributed by atoms with E-state index in [1.54, 1.807) is 36.4 Å². The molecule has 0 atom stereocenters. The zero-order valence-corrected chi connectivity index (χ0v) is 16.6. The number of anilines is 1. The Kier molecular flexibility index (Phi) is 5.18. The number of aromatic nitrogens is 1. The predicted octanol–water partition coefficient (Wildman–Crippen LogP) is 5.88. The van der Waals surface area contributed by atoms with Gasteiger partial charge in [0.2, 0.25) is 0 Å². The van der Waals surface area contributed by atoms with E-state index in [9.17, 15) is 4.79 Å². The SMILES string of the molecule is O=C1C(=Cc2ccc(Cl)cc2Cl)N=C(c2ccccc2)N1c1ccc(Cl)cn1. The number of carbonyl (C=O) groups is 1. The predicted molar refractivity (Wildman–Crippen MR) is 114 cm³/mol. The third-order valence-corrected chi connectivity index (χ3v) is 4.87. The van der Waals surface area contributed by atoms with Crippen LogP contribution in [0.15, 0.2) is 77.5 Å². The number of nitrogens with zero attached hydrogens (tertiary/aromatic N) is 3. The molecule has 0 unspecified atom stereocenters. The van der Waals surface area contributed by atoms with Crippen molar-refractivity contribution in [2.24, 2.45) is 4.99 Å². The first-order valence-corrected chi connectivity index (χ1v) is 9.43. The van der Waals surface area contributed by atoms with Gasteiger partial charge < -0.3 is 0 Å². The van der Waals surface area contributed by atoms with Gasteiger partial charge in [0.25, 0.3) is 5.91 Å². The van der Waals surface area contributed by atoms with Crippen LogP contribution >= 0.6 is 34.8 Å². The number of amidine groups is 1. The molecule has 1 aliphatic rings. The summed E-state index contributed by atoms with van der Waals surface area (Å²) < 4.78 is 0. The summed E-state index contributed by atoms with van der Waals surface area (Å²) in [7, 11) is 0. The van der Waals surface area contributed by atoms with Crippen LogP contribution in [0.2, 0.25) is 15.1 Å². The monoisotopic (exact) mass is 427 g/mol. The van der Waals surface area contributed by atoms with Crippen molar-refractivity contribution in [2.75, 3.05) is 4.90 Å². The van der Waals surface area contributed by atoms with E-state index in [0.717, 1.165) is 5.56 Å². The molecule has 0 aliphatic carbocycles. The first kappa shape index (κ1) is 18.7. The highest BCUT2D eigenvalue weighted by Crippen LogP contribution is 2.29. The second-order valence-corrected chi connectivity index (χ2v) is 7.25. The molecule has 0 spiro atoms. The van der Waals surface area contributed by atoms with Crippen molar-refractivity contribution >= 4 is 58.4 Å². The fraction of sp³-hybridized carbons (Fsp3) is 0. The molecule has 7 heteroatoms. The van der Waals surface area contributed by atoms with Gasteiger partial charge in [-0.3, -0.25) is 4.79 Å². The molecule has 2 aromatic carbocycles. The minimum atomic E-state index is -0.306. The van der Waals surface area contributed by atoms with E-state index in [4.69, 9.17) is 34.8 Å². The highest BCUT2D eigenvalue weighted by molar-refractivity contribution is 6.36. The summed E-state index contributed by atoms with van der Waals surface area (Å²) in [6.45, 7) is 0. The van der Waals surface area contributed by atoms with Crippen LogP contribution in [-0.4, -0.2) is 16.7 Å². The molecule has 28 heavy (non-hydrogen) atoms. The Morgan fingerprint density at radius 3 is 2.32 bits per heavy atom. The first-order valence-electron chi connectivity index (χ1n) is 8.30. The van der Waals surface area contributed by atoms with Crippen molar-refractivity contribution in [1.29, 1.82) is 0 Å². The Balaban J connectivity index is 1.83. The van der Waals surface area contributed by atoms with E-state index in [-0.39, 0.29) is 11.6 Å². The van der Waals surface area contributed by atoms with Crippen molar-refractivity contribution in [3.63, 3.8) is 0 Å². The number of amides is 1. The summed E-state index contributed by atoms with van der Waals surface area (Å²) >= 11 is 18.1. The number of benzene rings is 2. The summed E-state index contributed by atoms with van der Waals surface area (Å²) in [5.74, 6) is 0.610. The van der Waals surface area contributed by atoms with Gasteiger partial charge in [-0.25, -0.2) is 14.9 Å². The van der Waals surface area contributed by atoms with Crippen LogP contribution < -0.4 is 4.90 Å². The van der Waals surface area contributed by atoms with Gasteiger partial charge in [-0.2, -0.15) is 0 Å². The molecule has 4 rings (SSSR count). The van der Waals surface area contributed by atoms with E-state index < -0.39 is 0 Å². The largest absolute Gasteiger partial charge is 0.283 e. The molecule has 1 amide bonds. The Morgan fingerprint density at radius 2 is 1.64 bits per heavy atom. The minimum Gasteiger partial charge on any atom is -0.266 e. The van der Waals surface area contributed by atoms with Gasteiger partial charge in [0, 0.05) is 21.8 Å². The number of hydrogen-bond donors (Lipinski definition) is 0. The van der Waals surface area contributed by atoms with Crippen molar-refractivity contribution in [1.82, 2.24) is 4.98 Å². The number of rotatable bonds is 3. The highest BCUT2D eigenvalue weighted by Gasteiger charge is 2.33. The average molecular weight is 429 g/mol. The van der Waals surface area contributed by atoms with Crippen molar-refractivity contribution < 1.29 is 4.79 Å². The standard InChI is InChI=1S/C21H12Cl3N3O/c22-15-7-6-14(17(24)11-15)10-18-21(28)27(19-9-8-16(23)12-25-19)20(26-18)13-4-2-1-3-5-13/h1-12H. The number of pyridine rings is 1. The second kappa shape index (κ2) is 7.76. The third-order valence-electron chi connectivity index (χ3n) is 4.09. The second-order valence-electron chi connectivity index (χ2n) is 5.97. The lowest BCUT2D eigenvalue weighted by atomic mass is 10.2. The summed E-state index contributed by atoms with van der Waals surface area (Å²) in [6, 6.07) is 17.9. The van der Waals surface area contributed by atoms with Gasteiger partial charge in [0.1, 0.15) is 17.4 Å². The lowest BCUT2D eigenvalue weighted by Crippen LogP contribution is -2.33. The van der Waals surface area contributed by atoms with Gasteiger partial charge in [0.05, 0.1) is 5.02 Å². The van der Waals surface area contributed by atoms with Gasteiger partial charge >= 0.3 is 0 Å². The van der Waals surface area contributed by atoms with Gasteiger partial charge in [0.15, 0.2) is 0 Å². The Hall–Kier alpha value is -2.66. The molecule has 2 heterocycles. The van der Waals surface area contributed by atoms with E-state index >= 15 is 0 Å². The molecule has 1 aromatic heterocycles. The van der Waals surface area contributed by atoms with Crippen LogP contribution in [0.25, 0.3) is 6.08 Å². The first-order chi connectivity index (χ1) is 13.5. The minimum absolute atomic E-state index is 0.250. The Labute approximate surface area is 176 Å². The molecule has 3 aromatic rings. The zero-order chi connectivity index (χ0) is 19.7. The van der Waals surface area contributed by atoms with Gasteiger partial charge in [-0.15, -0.1) is 0 Å². The Morgan fingerprint density at radius 1 is 0.893 bits per heavy atom. The fourth-order valence-corrected chi connectivity index (χ4v) is 3.35. The van der Waals surface area contributed by atoms with E-state index in [1.165, 1.54) is 11.1 Å². The van der Waals surface area contributed by atoms with Crippen LogP contribution in [0.1, 0.15) is 11.1 Å². The van der Waals surface area contributed by atoms with Gasteiger partial charge in [-0.05, 0) is 35.9 Å². The quantitative estimate of drug-likeness (QED) is 0.489. The maximum Gasteiger partial charge on any atom is 0.283 e. The molecular weight excluding hydrogens is 417 g/mol. The summed E-state index contributed by atoms with van der Waals surface area (Å²) in [4.78, 5) is 23.5. The summed E-state index contributed by atoms with van der Waals surface area (Å²) in [6.07, 6.45) is 3.13. The van der Waals surface area contributed by atoms with Crippen molar-refractivity contribution in [3.8, 4) is 0 Å². The van der Waals surface area contributed by atoms with E-state index in [0.29, 0.717) is 32.3 Å². The summed E-state index contributed by atoms with van der Waals surface area (Å²) in [5.41, 5.74) is 1.69. The number of halogens is 3. The molecule has 0 saturated carbocycles. The van der Waals surface area contributed by atoms with Crippen LogP contribution in [0.5, 0.6) is 0 Å². The lowest BCUT2D eigenvalue weighted by Gasteiger charge is -2.17. The molecular formula is C21H12Cl3N3O. The smallest absolute Gasteiger partial charge is 0.266 e. The molecule has 0 N–H and O–H groups in total. The molecule has 0 saturated heterocycles. The number of carbonyl (C=O) groups excluding carboxylic acids is 1. The molecule has 138 valence electrons. The van der Waals surface area contributed by atoms with Crippen LogP contribution in [0.4, 0.5) is 5.82 Å². The maximum atomic E-state index is 13.2. The maximum absolute atomic E-state index is 13.2. The number of hydrogen-bond acceptors (Lipinski definition) is 3. The molecule has 4 nitrogen and oxygen atoms in total. The molecule has 0 bridgehead atoms. The number of aliphatic imine (C=N–C) groups is 1. The zero-order valence-electron chi connectivity index (χ0n) is 14.3. The molecule has 0 fully saturated rings. The highest BCUT2D eigenvalue weighted by atomic mass is 35.5. The normalized spacial score (nSPS) is 15.2. The molecule has 1 aliphatic heterocycles. The van der Waals surface area contributed by atoms with Crippen molar-refractivity contribution in [3.05, 3.63) is 98.8 Å². The van der Waals surface area contributed by atoms with E-state index in [2.05, 4.69) is 9.98 Å². The fourth-order valence-electron chi connectivity index (χ4n) is 2.78. The van der Waals surface area contributed by atoms with Gasteiger partial charge in [-0.1, -0.05) is 71.2 Å². The summed E-state index contributed by atoms with van der Waals surface area (Å²) in [5, 5.41) is 1.44. The molecule has 0 radical (unpaired) electrons. The Bertz CT molecular complexity index is 1110. The average Bonchev–Trinajstić information content (AvgIpc) is 3.02. The van der Waals surface area contributed by atoms with Crippen molar-refractivity contribution in [2.45, 2.75) is 0 Å². The van der Waals surface area contributed by atoms with Crippen LogP contribution in [0.3, 0.4) is 0 Å².